The van der Waals surface area contributed by atoms with Gasteiger partial charge in [-0.1, -0.05) is 36.4 Å². The standard InChI is InChI=1S/C22H22N2O4S2/c1-3-28-22(27)17-14(2)18(20(26)23-12-11-15-8-5-4-6-9-15)30-21(17)24-19(25)16-10-7-13-29-16/h4-10,13H,3,11-12H2,1-2H3,(H,23,26)(H,24,25). The third kappa shape index (κ3) is 5.14. The highest BCUT2D eigenvalue weighted by Gasteiger charge is 2.27. The molecule has 0 aliphatic carbocycles. The second-order valence-corrected chi connectivity index (χ2v) is 8.37. The maximum absolute atomic E-state index is 12.8. The Kier molecular flexibility index (Phi) is 7.37. The molecule has 0 fully saturated rings. The first kappa shape index (κ1) is 21.7. The monoisotopic (exact) mass is 442 g/mol. The van der Waals surface area contributed by atoms with Crippen molar-refractivity contribution >= 4 is 45.5 Å². The maximum Gasteiger partial charge on any atom is 0.341 e. The average molecular weight is 443 g/mol. The minimum atomic E-state index is -0.559. The first-order valence-corrected chi connectivity index (χ1v) is 11.2. The first-order chi connectivity index (χ1) is 14.5. The number of carbonyl (C=O) groups is 3. The van der Waals surface area contributed by atoms with E-state index in [4.69, 9.17) is 4.74 Å². The summed E-state index contributed by atoms with van der Waals surface area (Å²) in [5.74, 6) is -1.17. The highest BCUT2D eigenvalue weighted by Crippen LogP contribution is 2.34. The molecule has 156 valence electrons. The zero-order valence-electron chi connectivity index (χ0n) is 16.7. The van der Waals surface area contributed by atoms with Gasteiger partial charge in [-0.3, -0.25) is 9.59 Å². The number of esters is 1. The molecule has 1 aromatic carbocycles. The van der Waals surface area contributed by atoms with Gasteiger partial charge in [0.1, 0.15) is 5.00 Å². The van der Waals surface area contributed by atoms with Gasteiger partial charge in [-0.05, 0) is 42.8 Å². The van der Waals surface area contributed by atoms with Crippen molar-refractivity contribution in [3.05, 3.63) is 74.3 Å². The Morgan fingerprint density at radius 1 is 1.03 bits per heavy atom. The molecule has 0 spiro atoms. The Bertz CT molecular complexity index is 1030. The number of carbonyl (C=O) groups excluding carboxylic acids is 3. The van der Waals surface area contributed by atoms with Gasteiger partial charge < -0.3 is 15.4 Å². The van der Waals surface area contributed by atoms with Crippen LogP contribution in [0.4, 0.5) is 5.00 Å². The average Bonchev–Trinajstić information content (AvgIpc) is 3.37. The van der Waals surface area contributed by atoms with E-state index < -0.39 is 5.97 Å². The Labute approximate surface area is 182 Å². The summed E-state index contributed by atoms with van der Waals surface area (Å²) in [6.07, 6.45) is 0.698. The number of nitrogens with one attached hydrogen (secondary N) is 2. The van der Waals surface area contributed by atoms with E-state index in [1.54, 1.807) is 31.4 Å². The van der Waals surface area contributed by atoms with E-state index in [0.29, 0.717) is 33.3 Å². The first-order valence-electron chi connectivity index (χ1n) is 9.48. The number of rotatable bonds is 8. The maximum atomic E-state index is 12.8. The van der Waals surface area contributed by atoms with Crippen LogP contribution in [0, 0.1) is 6.92 Å². The van der Waals surface area contributed by atoms with Crippen LogP contribution in [0.5, 0.6) is 0 Å². The Hall–Kier alpha value is -2.97. The number of hydrogen-bond donors (Lipinski definition) is 2. The minimum Gasteiger partial charge on any atom is -0.462 e. The molecule has 2 aromatic heterocycles. The number of anilines is 1. The van der Waals surface area contributed by atoms with Gasteiger partial charge in [0.05, 0.1) is 21.9 Å². The number of amides is 2. The van der Waals surface area contributed by atoms with E-state index >= 15 is 0 Å². The van der Waals surface area contributed by atoms with Crippen LogP contribution in [-0.2, 0) is 11.2 Å². The number of benzene rings is 1. The summed E-state index contributed by atoms with van der Waals surface area (Å²) in [4.78, 5) is 38.6. The van der Waals surface area contributed by atoms with Crippen molar-refractivity contribution < 1.29 is 19.1 Å². The molecule has 6 nitrogen and oxygen atoms in total. The summed E-state index contributed by atoms with van der Waals surface area (Å²) in [5, 5.41) is 7.76. The van der Waals surface area contributed by atoms with Crippen molar-refractivity contribution in [2.45, 2.75) is 20.3 Å². The second kappa shape index (κ2) is 10.2. The third-order valence-electron chi connectivity index (χ3n) is 4.35. The van der Waals surface area contributed by atoms with Gasteiger partial charge in [0, 0.05) is 6.54 Å². The molecule has 30 heavy (non-hydrogen) atoms. The zero-order chi connectivity index (χ0) is 21.5. The minimum absolute atomic E-state index is 0.199. The number of hydrogen-bond acceptors (Lipinski definition) is 6. The lowest BCUT2D eigenvalue weighted by Gasteiger charge is -2.06. The van der Waals surface area contributed by atoms with E-state index in [0.717, 1.165) is 16.9 Å². The molecule has 3 rings (SSSR count). The molecular formula is C22H22N2O4S2. The van der Waals surface area contributed by atoms with Crippen molar-refractivity contribution in [1.82, 2.24) is 5.32 Å². The van der Waals surface area contributed by atoms with Gasteiger partial charge in [0.15, 0.2) is 0 Å². The molecule has 2 heterocycles. The zero-order valence-corrected chi connectivity index (χ0v) is 18.3. The molecule has 0 aliphatic rings. The molecule has 2 amide bonds. The number of ether oxygens (including phenoxy) is 1. The summed E-state index contributed by atoms with van der Waals surface area (Å²) in [5.41, 5.74) is 1.84. The Balaban J connectivity index is 1.78. The van der Waals surface area contributed by atoms with Gasteiger partial charge >= 0.3 is 5.97 Å². The highest BCUT2D eigenvalue weighted by molar-refractivity contribution is 7.19. The lowest BCUT2D eigenvalue weighted by atomic mass is 10.1. The van der Waals surface area contributed by atoms with Crippen LogP contribution in [0.1, 0.15) is 47.8 Å². The topological polar surface area (TPSA) is 84.5 Å². The van der Waals surface area contributed by atoms with Crippen LogP contribution >= 0.6 is 22.7 Å². The van der Waals surface area contributed by atoms with E-state index in [2.05, 4.69) is 10.6 Å². The largest absolute Gasteiger partial charge is 0.462 e. The Morgan fingerprint density at radius 2 is 1.80 bits per heavy atom. The summed E-state index contributed by atoms with van der Waals surface area (Å²) < 4.78 is 5.14. The summed E-state index contributed by atoms with van der Waals surface area (Å²) in [6.45, 7) is 4.06. The predicted molar refractivity (Wildman–Crippen MR) is 120 cm³/mol. The third-order valence-corrected chi connectivity index (χ3v) is 6.42. The van der Waals surface area contributed by atoms with Gasteiger partial charge in [0.2, 0.25) is 0 Å². The van der Waals surface area contributed by atoms with E-state index in [9.17, 15) is 14.4 Å². The van der Waals surface area contributed by atoms with Crippen LogP contribution in [-0.4, -0.2) is 30.9 Å². The molecule has 0 bridgehead atoms. The fourth-order valence-corrected chi connectivity index (χ4v) is 4.61. The van der Waals surface area contributed by atoms with Crippen molar-refractivity contribution in [2.24, 2.45) is 0 Å². The fourth-order valence-electron chi connectivity index (χ4n) is 2.88. The van der Waals surface area contributed by atoms with Crippen molar-refractivity contribution in [3.8, 4) is 0 Å². The van der Waals surface area contributed by atoms with E-state index in [1.165, 1.54) is 11.3 Å². The van der Waals surface area contributed by atoms with Crippen molar-refractivity contribution in [3.63, 3.8) is 0 Å². The molecule has 0 atom stereocenters. The summed E-state index contributed by atoms with van der Waals surface area (Å²) in [7, 11) is 0. The molecule has 3 aromatic rings. The Morgan fingerprint density at radius 3 is 2.47 bits per heavy atom. The van der Waals surface area contributed by atoms with Gasteiger partial charge in [0.25, 0.3) is 11.8 Å². The summed E-state index contributed by atoms with van der Waals surface area (Å²) in [6, 6.07) is 13.3. The van der Waals surface area contributed by atoms with E-state index in [1.807, 2.05) is 30.3 Å². The van der Waals surface area contributed by atoms with Crippen molar-refractivity contribution in [1.29, 1.82) is 0 Å². The molecule has 0 saturated heterocycles. The smallest absolute Gasteiger partial charge is 0.341 e. The quantitative estimate of drug-likeness (QED) is 0.503. The van der Waals surface area contributed by atoms with Crippen LogP contribution < -0.4 is 10.6 Å². The van der Waals surface area contributed by atoms with E-state index in [-0.39, 0.29) is 24.0 Å². The summed E-state index contributed by atoms with van der Waals surface area (Å²) >= 11 is 2.38. The lowest BCUT2D eigenvalue weighted by Crippen LogP contribution is -2.25. The second-order valence-electron chi connectivity index (χ2n) is 6.40. The van der Waals surface area contributed by atoms with Gasteiger partial charge in [-0.25, -0.2) is 4.79 Å². The molecule has 0 unspecified atom stereocenters. The van der Waals surface area contributed by atoms with Crippen LogP contribution in [0.15, 0.2) is 47.8 Å². The lowest BCUT2D eigenvalue weighted by molar-refractivity contribution is 0.0527. The van der Waals surface area contributed by atoms with Crippen LogP contribution in [0.2, 0.25) is 0 Å². The number of thiophene rings is 2. The normalized spacial score (nSPS) is 10.5. The molecule has 2 N–H and O–H groups in total. The SMILES string of the molecule is CCOC(=O)c1c(NC(=O)c2cccs2)sc(C(=O)NCCc2ccccc2)c1C. The molecule has 0 aliphatic heterocycles. The predicted octanol–water partition coefficient (Wildman–Crippen LogP) is 4.52. The van der Waals surface area contributed by atoms with Crippen LogP contribution in [0.3, 0.4) is 0 Å². The molecule has 0 radical (unpaired) electrons. The highest BCUT2D eigenvalue weighted by atomic mass is 32.1. The van der Waals surface area contributed by atoms with Crippen molar-refractivity contribution in [2.75, 3.05) is 18.5 Å². The van der Waals surface area contributed by atoms with Gasteiger partial charge in [-0.15, -0.1) is 22.7 Å². The molecule has 8 heteroatoms. The van der Waals surface area contributed by atoms with Crippen LogP contribution in [0.25, 0.3) is 0 Å². The van der Waals surface area contributed by atoms with Gasteiger partial charge in [-0.2, -0.15) is 0 Å². The fraction of sp³-hybridized carbons (Fsp3) is 0.227. The molecule has 0 saturated carbocycles. The molecular weight excluding hydrogens is 420 g/mol.